The Bertz CT molecular complexity index is 1040. The van der Waals surface area contributed by atoms with Crippen molar-refractivity contribution in [3.8, 4) is 6.07 Å². The Balaban J connectivity index is 1.62. The number of piperazine rings is 1. The van der Waals surface area contributed by atoms with E-state index in [1.165, 1.54) is 18.3 Å². The SMILES string of the molecule is Cc1nc(CN2CCN(c3c(C#N)cnc4c(F)ccc(Cl)c34)CC2)no1. The number of benzene rings is 1. The Labute approximate surface area is 160 Å². The maximum Gasteiger partial charge on any atom is 0.223 e. The smallest absolute Gasteiger partial charge is 0.223 e. The Kier molecular flexibility index (Phi) is 4.64. The van der Waals surface area contributed by atoms with Crippen molar-refractivity contribution in [3.63, 3.8) is 0 Å². The van der Waals surface area contributed by atoms with Crippen LogP contribution >= 0.6 is 11.6 Å². The number of pyridine rings is 1. The van der Waals surface area contributed by atoms with Gasteiger partial charge in [-0.1, -0.05) is 16.8 Å². The highest BCUT2D eigenvalue weighted by atomic mass is 35.5. The molecule has 27 heavy (non-hydrogen) atoms. The van der Waals surface area contributed by atoms with Gasteiger partial charge in [0.15, 0.2) is 5.82 Å². The number of anilines is 1. The molecule has 1 aliphatic heterocycles. The van der Waals surface area contributed by atoms with Crippen LogP contribution in [0.5, 0.6) is 0 Å². The van der Waals surface area contributed by atoms with Gasteiger partial charge in [-0.15, -0.1) is 0 Å². The summed E-state index contributed by atoms with van der Waals surface area (Å²) in [6, 6.07) is 4.94. The van der Waals surface area contributed by atoms with Crippen LogP contribution in [-0.4, -0.2) is 46.2 Å². The Morgan fingerprint density at radius 1 is 1.30 bits per heavy atom. The number of fused-ring (bicyclic) bond motifs is 1. The molecule has 1 aliphatic rings. The molecule has 0 radical (unpaired) electrons. The molecule has 3 heterocycles. The molecule has 0 unspecified atom stereocenters. The molecule has 0 N–H and O–H groups in total. The van der Waals surface area contributed by atoms with Crippen LogP contribution in [0.1, 0.15) is 17.3 Å². The van der Waals surface area contributed by atoms with E-state index in [1.807, 2.05) is 0 Å². The van der Waals surface area contributed by atoms with Crippen molar-refractivity contribution in [2.24, 2.45) is 0 Å². The van der Waals surface area contributed by atoms with Gasteiger partial charge in [0.25, 0.3) is 0 Å². The van der Waals surface area contributed by atoms with Crippen molar-refractivity contribution < 1.29 is 8.91 Å². The van der Waals surface area contributed by atoms with E-state index in [4.69, 9.17) is 16.1 Å². The van der Waals surface area contributed by atoms with E-state index in [9.17, 15) is 9.65 Å². The molecular weight excluding hydrogens is 371 g/mol. The molecule has 7 nitrogen and oxygen atoms in total. The Morgan fingerprint density at radius 3 is 2.74 bits per heavy atom. The van der Waals surface area contributed by atoms with E-state index in [-0.39, 0.29) is 5.52 Å². The molecule has 1 saturated heterocycles. The quantitative estimate of drug-likeness (QED) is 0.684. The van der Waals surface area contributed by atoms with Crippen molar-refractivity contribution in [1.29, 1.82) is 5.26 Å². The molecule has 0 spiro atoms. The van der Waals surface area contributed by atoms with E-state index < -0.39 is 5.82 Å². The van der Waals surface area contributed by atoms with Gasteiger partial charge >= 0.3 is 0 Å². The van der Waals surface area contributed by atoms with Crippen molar-refractivity contribution in [3.05, 3.63) is 46.4 Å². The van der Waals surface area contributed by atoms with E-state index in [2.05, 4.69) is 31.0 Å². The predicted octanol–water partition coefficient (Wildman–Crippen LogP) is 2.91. The molecule has 1 aromatic carbocycles. The number of hydrogen-bond donors (Lipinski definition) is 0. The molecule has 0 saturated carbocycles. The molecule has 0 atom stereocenters. The molecule has 0 bridgehead atoms. The second-order valence-corrected chi connectivity index (χ2v) is 6.79. The number of halogens is 2. The van der Waals surface area contributed by atoms with E-state index >= 15 is 0 Å². The van der Waals surface area contributed by atoms with Crippen LogP contribution in [-0.2, 0) is 6.54 Å². The van der Waals surface area contributed by atoms with E-state index in [1.54, 1.807) is 6.92 Å². The largest absolute Gasteiger partial charge is 0.367 e. The van der Waals surface area contributed by atoms with Gasteiger partial charge in [0.05, 0.1) is 22.8 Å². The first-order valence-electron chi connectivity index (χ1n) is 8.50. The van der Waals surface area contributed by atoms with Crippen LogP contribution in [0.3, 0.4) is 0 Å². The van der Waals surface area contributed by atoms with Crippen LogP contribution in [0.2, 0.25) is 5.02 Å². The lowest BCUT2D eigenvalue weighted by molar-refractivity contribution is 0.240. The summed E-state index contributed by atoms with van der Waals surface area (Å²) < 4.78 is 19.2. The summed E-state index contributed by atoms with van der Waals surface area (Å²) >= 11 is 6.34. The highest BCUT2D eigenvalue weighted by Gasteiger charge is 2.24. The molecule has 3 aromatic rings. The molecule has 0 amide bonds. The fourth-order valence-corrected chi connectivity index (χ4v) is 3.60. The van der Waals surface area contributed by atoms with Crippen molar-refractivity contribution in [2.45, 2.75) is 13.5 Å². The predicted molar refractivity (Wildman–Crippen MR) is 98.0 cm³/mol. The monoisotopic (exact) mass is 386 g/mol. The summed E-state index contributed by atoms with van der Waals surface area (Å²) in [7, 11) is 0. The summed E-state index contributed by atoms with van der Waals surface area (Å²) in [5.41, 5.74) is 1.21. The second-order valence-electron chi connectivity index (χ2n) is 6.38. The zero-order chi connectivity index (χ0) is 19.0. The summed E-state index contributed by atoms with van der Waals surface area (Å²) in [4.78, 5) is 12.6. The third-order valence-electron chi connectivity index (χ3n) is 4.64. The Hall–Kier alpha value is -2.76. The minimum atomic E-state index is -0.453. The van der Waals surface area contributed by atoms with Gasteiger partial charge in [-0.2, -0.15) is 10.2 Å². The lowest BCUT2D eigenvalue weighted by Gasteiger charge is -2.36. The molecule has 4 rings (SSSR count). The summed E-state index contributed by atoms with van der Waals surface area (Å²) in [6.07, 6.45) is 1.41. The maximum absolute atomic E-state index is 14.2. The topological polar surface area (TPSA) is 82.1 Å². The van der Waals surface area contributed by atoms with E-state index in [0.717, 1.165) is 13.1 Å². The first kappa shape index (κ1) is 17.6. The first-order chi connectivity index (χ1) is 13.1. The average molecular weight is 387 g/mol. The van der Waals surface area contributed by atoms with Gasteiger partial charge in [0.2, 0.25) is 5.89 Å². The standard InChI is InChI=1S/C18H16ClFN6O/c1-11-23-15(24-27-11)10-25-4-6-26(7-5-25)18-12(8-21)9-22-17-14(20)3-2-13(19)16(17)18/h2-3,9H,4-7,10H2,1H3. The van der Waals surface area contributed by atoms with Crippen LogP contribution in [0, 0.1) is 24.1 Å². The van der Waals surface area contributed by atoms with Gasteiger partial charge in [-0.05, 0) is 12.1 Å². The number of aromatic nitrogens is 3. The molecule has 1 fully saturated rings. The molecule has 9 heteroatoms. The van der Waals surface area contributed by atoms with Gasteiger partial charge < -0.3 is 9.42 Å². The zero-order valence-electron chi connectivity index (χ0n) is 14.6. The minimum Gasteiger partial charge on any atom is -0.367 e. The van der Waals surface area contributed by atoms with Crippen molar-refractivity contribution >= 4 is 28.2 Å². The van der Waals surface area contributed by atoms with Crippen molar-refractivity contribution in [1.82, 2.24) is 20.0 Å². The van der Waals surface area contributed by atoms with Crippen LogP contribution < -0.4 is 4.90 Å². The highest BCUT2D eigenvalue weighted by Crippen LogP contribution is 2.36. The number of nitriles is 1. The molecule has 0 aliphatic carbocycles. The Morgan fingerprint density at radius 2 is 2.07 bits per heavy atom. The lowest BCUT2D eigenvalue weighted by Crippen LogP contribution is -2.46. The number of rotatable bonds is 3. The van der Waals surface area contributed by atoms with Crippen LogP contribution in [0.25, 0.3) is 10.9 Å². The van der Waals surface area contributed by atoms with Gasteiger partial charge in [0.1, 0.15) is 17.4 Å². The second kappa shape index (κ2) is 7.10. The summed E-state index contributed by atoms with van der Waals surface area (Å²) in [5.74, 6) is 0.742. The van der Waals surface area contributed by atoms with Gasteiger partial charge in [-0.3, -0.25) is 9.88 Å². The third kappa shape index (κ3) is 3.31. The highest BCUT2D eigenvalue weighted by molar-refractivity contribution is 6.36. The molecule has 2 aromatic heterocycles. The minimum absolute atomic E-state index is 0.182. The lowest BCUT2D eigenvalue weighted by atomic mass is 10.1. The van der Waals surface area contributed by atoms with Crippen LogP contribution in [0.15, 0.2) is 22.9 Å². The first-order valence-corrected chi connectivity index (χ1v) is 8.88. The number of hydrogen-bond acceptors (Lipinski definition) is 7. The van der Waals surface area contributed by atoms with Crippen molar-refractivity contribution in [2.75, 3.05) is 31.1 Å². The molecule has 138 valence electrons. The maximum atomic E-state index is 14.2. The zero-order valence-corrected chi connectivity index (χ0v) is 15.4. The molecular formula is C18H16ClFN6O. The summed E-state index contributed by atoms with van der Waals surface area (Å²) in [5, 5.41) is 14.3. The summed E-state index contributed by atoms with van der Waals surface area (Å²) in [6.45, 7) is 5.18. The average Bonchev–Trinajstić information content (AvgIpc) is 3.09. The number of aryl methyl sites for hydroxylation is 1. The van der Waals surface area contributed by atoms with Crippen LogP contribution in [0.4, 0.5) is 10.1 Å². The van der Waals surface area contributed by atoms with E-state index in [0.29, 0.717) is 53.0 Å². The third-order valence-corrected chi connectivity index (χ3v) is 4.95. The van der Waals surface area contributed by atoms with Gasteiger partial charge in [0, 0.05) is 44.7 Å². The number of nitrogens with zero attached hydrogens (tertiary/aromatic N) is 6. The fraction of sp³-hybridized carbons (Fsp3) is 0.333. The normalized spacial score (nSPS) is 15.3. The van der Waals surface area contributed by atoms with Gasteiger partial charge in [-0.25, -0.2) is 4.39 Å². The fourth-order valence-electron chi connectivity index (χ4n) is 3.36.